The number of halogens is 2. The van der Waals surface area contributed by atoms with Gasteiger partial charge < -0.3 is 20.7 Å². The minimum atomic E-state index is -1.07. The van der Waals surface area contributed by atoms with Crippen LogP contribution in [0.2, 0.25) is 0 Å². The van der Waals surface area contributed by atoms with Crippen molar-refractivity contribution in [2.75, 3.05) is 12.4 Å². The first-order valence-corrected chi connectivity index (χ1v) is 14.0. The van der Waals surface area contributed by atoms with E-state index in [0.717, 1.165) is 31.2 Å². The van der Waals surface area contributed by atoms with Crippen molar-refractivity contribution < 1.29 is 23.1 Å². The van der Waals surface area contributed by atoms with Crippen LogP contribution in [0, 0.1) is 24.5 Å². The highest BCUT2D eigenvalue weighted by Gasteiger charge is 2.25. The van der Waals surface area contributed by atoms with E-state index in [1.807, 2.05) is 26.8 Å². The molecule has 2 aromatic heterocycles. The normalized spacial score (nSPS) is 16.8. The van der Waals surface area contributed by atoms with Crippen molar-refractivity contribution in [3.63, 3.8) is 0 Å². The van der Waals surface area contributed by atoms with E-state index in [9.17, 15) is 18.4 Å². The number of benzene rings is 2. The number of anilines is 2. The zero-order valence-electron chi connectivity index (χ0n) is 24.0. The number of amides is 2. The Morgan fingerprint density at radius 1 is 1.00 bits per heavy atom. The molecule has 0 bridgehead atoms. The number of aryl methyl sites for hydroxylation is 1. The van der Waals surface area contributed by atoms with E-state index >= 15 is 0 Å². The van der Waals surface area contributed by atoms with Gasteiger partial charge in [-0.05, 0) is 68.5 Å². The fourth-order valence-electron chi connectivity index (χ4n) is 5.24. The largest absolute Gasteiger partial charge is 0.494 e. The zero-order valence-corrected chi connectivity index (χ0v) is 24.0. The standard InChI is InChI=1S/C31H34F2N6O3/c1-17(2)30(40)37-19-5-7-20(8-6-19)38-31(41)22-10-9-21(15-18(22)3)36-28-29-35-16-24(39(29)14-13-34-28)23-11-12-25(42-4)27(33)26(23)32/h9-17,19-20H,5-8H2,1-4H3,(H,34,36)(H,37,40)(H,38,41)/t19-,20+. The lowest BCUT2D eigenvalue weighted by Gasteiger charge is -2.30. The molecule has 1 fully saturated rings. The second kappa shape index (κ2) is 12.1. The maximum atomic E-state index is 14.8. The van der Waals surface area contributed by atoms with E-state index < -0.39 is 11.6 Å². The molecular formula is C31H34F2N6O3. The molecule has 0 radical (unpaired) electrons. The van der Waals surface area contributed by atoms with Crippen molar-refractivity contribution in [3.05, 3.63) is 71.7 Å². The third-order valence-corrected chi connectivity index (χ3v) is 7.64. The highest BCUT2D eigenvalue weighted by molar-refractivity contribution is 5.96. The number of carbonyl (C=O) groups excluding carboxylic acids is 2. The summed E-state index contributed by atoms with van der Waals surface area (Å²) in [6, 6.07) is 8.41. The fourth-order valence-corrected chi connectivity index (χ4v) is 5.24. The SMILES string of the molecule is COc1ccc(-c2cnc3c(Nc4ccc(C(=O)N[C@H]5CC[C@@H](NC(=O)C(C)C)CC5)c(C)c4)nccn23)c(F)c1F. The number of ether oxygens (including phenoxy) is 1. The summed E-state index contributed by atoms with van der Waals surface area (Å²) in [7, 11) is 1.28. The highest BCUT2D eigenvalue weighted by Crippen LogP contribution is 2.31. The van der Waals surface area contributed by atoms with Crippen LogP contribution in [0.3, 0.4) is 0 Å². The third-order valence-electron chi connectivity index (χ3n) is 7.64. The molecule has 0 unspecified atom stereocenters. The molecular weight excluding hydrogens is 542 g/mol. The van der Waals surface area contributed by atoms with Crippen LogP contribution in [-0.2, 0) is 4.79 Å². The van der Waals surface area contributed by atoms with Crippen molar-refractivity contribution in [1.82, 2.24) is 25.0 Å². The second-order valence-electron chi connectivity index (χ2n) is 10.9. The van der Waals surface area contributed by atoms with Gasteiger partial charge in [-0.25, -0.2) is 14.4 Å². The fraction of sp³-hybridized carbons (Fsp3) is 0.355. The molecule has 42 heavy (non-hydrogen) atoms. The van der Waals surface area contributed by atoms with Crippen LogP contribution in [0.4, 0.5) is 20.3 Å². The molecule has 1 aliphatic rings. The lowest BCUT2D eigenvalue weighted by atomic mass is 9.90. The molecule has 0 saturated heterocycles. The molecule has 0 atom stereocenters. The number of nitrogens with one attached hydrogen (secondary N) is 3. The average Bonchev–Trinajstić information content (AvgIpc) is 3.40. The Kier molecular flexibility index (Phi) is 8.37. The van der Waals surface area contributed by atoms with E-state index in [0.29, 0.717) is 28.4 Å². The number of fused-ring (bicyclic) bond motifs is 1. The van der Waals surface area contributed by atoms with Crippen LogP contribution in [0.25, 0.3) is 16.9 Å². The average molecular weight is 577 g/mol. The van der Waals surface area contributed by atoms with Crippen molar-refractivity contribution in [2.45, 2.75) is 58.5 Å². The number of hydrogen-bond donors (Lipinski definition) is 3. The third kappa shape index (κ3) is 5.90. The van der Waals surface area contributed by atoms with Gasteiger partial charge in [-0.3, -0.25) is 14.0 Å². The Balaban J connectivity index is 1.27. The van der Waals surface area contributed by atoms with Gasteiger partial charge in [0.2, 0.25) is 11.7 Å². The molecule has 1 aliphatic carbocycles. The van der Waals surface area contributed by atoms with Crippen LogP contribution in [0.5, 0.6) is 5.75 Å². The minimum Gasteiger partial charge on any atom is -0.494 e. The molecule has 4 aromatic rings. The van der Waals surface area contributed by atoms with E-state index in [1.165, 1.54) is 31.6 Å². The smallest absolute Gasteiger partial charge is 0.251 e. The van der Waals surface area contributed by atoms with Gasteiger partial charge >= 0.3 is 0 Å². The molecule has 0 aliphatic heterocycles. The molecule has 2 heterocycles. The van der Waals surface area contributed by atoms with Crippen LogP contribution >= 0.6 is 0 Å². The van der Waals surface area contributed by atoms with Crippen molar-refractivity contribution in [1.29, 1.82) is 0 Å². The number of aromatic nitrogens is 3. The monoisotopic (exact) mass is 576 g/mol. The second-order valence-corrected chi connectivity index (χ2v) is 10.9. The highest BCUT2D eigenvalue weighted by atomic mass is 19.2. The Morgan fingerprint density at radius 2 is 1.71 bits per heavy atom. The van der Waals surface area contributed by atoms with Gasteiger partial charge in [-0.1, -0.05) is 13.8 Å². The molecule has 11 heteroatoms. The summed E-state index contributed by atoms with van der Waals surface area (Å²) in [5, 5.41) is 9.44. The van der Waals surface area contributed by atoms with E-state index in [-0.39, 0.29) is 41.1 Å². The summed E-state index contributed by atoms with van der Waals surface area (Å²) < 4.78 is 35.7. The molecule has 9 nitrogen and oxygen atoms in total. The van der Waals surface area contributed by atoms with Gasteiger partial charge in [-0.2, -0.15) is 4.39 Å². The number of rotatable bonds is 8. The quantitative estimate of drug-likeness (QED) is 0.254. The van der Waals surface area contributed by atoms with Gasteiger partial charge in [0.15, 0.2) is 23.0 Å². The van der Waals surface area contributed by atoms with Crippen molar-refractivity contribution in [2.24, 2.45) is 5.92 Å². The maximum absolute atomic E-state index is 14.8. The predicted molar refractivity (Wildman–Crippen MR) is 156 cm³/mol. The van der Waals surface area contributed by atoms with E-state index in [2.05, 4.69) is 25.9 Å². The summed E-state index contributed by atoms with van der Waals surface area (Å²) >= 11 is 0. The molecule has 0 spiro atoms. The van der Waals surface area contributed by atoms with Gasteiger partial charge in [0, 0.05) is 47.2 Å². The number of imidazole rings is 1. The number of methoxy groups -OCH3 is 1. The first-order valence-electron chi connectivity index (χ1n) is 14.0. The summed E-state index contributed by atoms with van der Waals surface area (Å²) in [4.78, 5) is 33.8. The van der Waals surface area contributed by atoms with Crippen LogP contribution in [-0.4, -0.2) is 45.4 Å². The van der Waals surface area contributed by atoms with Crippen LogP contribution in [0.15, 0.2) is 48.9 Å². The van der Waals surface area contributed by atoms with Crippen molar-refractivity contribution >= 4 is 29.0 Å². The van der Waals surface area contributed by atoms with Gasteiger partial charge in [0.1, 0.15) is 0 Å². The Bertz CT molecular complexity index is 1630. The maximum Gasteiger partial charge on any atom is 0.251 e. The molecule has 1 saturated carbocycles. The Hall–Kier alpha value is -4.54. The summed E-state index contributed by atoms with van der Waals surface area (Å²) in [6.45, 7) is 5.62. The van der Waals surface area contributed by atoms with E-state index in [1.54, 1.807) is 22.7 Å². The van der Waals surface area contributed by atoms with Gasteiger partial charge in [-0.15, -0.1) is 0 Å². The number of nitrogens with zero attached hydrogens (tertiary/aromatic N) is 3. The number of hydrogen-bond acceptors (Lipinski definition) is 6. The van der Waals surface area contributed by atoms with Gasteiger partial charge in [0.05, 0.1) is 19.0 Å². The Morgan fingerprint density at radius 3 is 2.38 bits per heavy atom. The molecule has 2 aromatic carbocycles. The summed E-state index contributed by atoms with van der Waals surface area (Å²) in [5.41, 5.74) is 2.86. The predicted octanol–water partition coefficient (Wildman–Crippen LogP) is 5.55. The number of carbonyl (C=O) groups is 2. The van der Waals surface area contributed by atoms with Crippen LogP contribution < -0.4 is 20.7 Å². The zero-order chi connectivity index (χ0) is 30.0. The molecule has 220 valence electrons. The first kappa shape index (κ1) is 29.0. The Labute approximate surface area is 242 Å². The minimum absolute atomic E-state index is 0.0398. The van der Waals surface area contributed by atoms with Gasteiger partial charge in [0.25, 0.3) is 5.91 Å². The summed E-state index contributed by atoms with van der Waals surface area (Å²) in [5.74, 6) is -1.98. The molecule has 2 amide bonds. The lowest BCUT2D eigenvalue weighted by molar-refractivity contribution is -0.124. The van der Waals surface area contributed by atoms with Crippen molar-refractivity contribution in [3.8, 4) is 17.0 Å². The van der Waals surface area contributed by atoms with E-state index in [4.69, 9.17) is 4.74 Å². The first-order chi connectivity index (χ1) is 20.2. The lowest BCUT2D eigenvalue weighted by Crippen LogP contribution is -2.44. The summed E-state index contributed by atoms with van der Waals surface area (Å²) in [6.07, 6.45) is 7.89. The molecule has 5 rings (SSSR count). The van der Waals surface area contributed by atoms with Crippen LogP contribution in [0.1, 0.15) is 55.5 Å². The topological polar surface area (TPSA) is 110 Å². The molecule has 3 N–H and O–H groups in total.